The molecule has 21 heavy (non-hydrogen) atoms. The molecule has 6 nitrogen and oxygen atoms in total. The molecule has 2 rings (SSSR count). The van der Waals surface area contributed by atoms with Crippen molar-refractivity contribution in [2.24, 2.45) is 0 Å². The number of aryl methyl sites for hydroxylation is 1. The molecule has 0 bridgehead atoms. The van der Waals surface area contributed by atoms with Crippen molar-refractivity contribution >= 4 is 5.97 Å². The quantitative estimate of drug-likeness (QED) is 0.833. The number of nitrogens with zero attached hydrogens (tertiary/aromatic N) is 3. The van der Waals surface area contributed by atoms with Crippen LogP contribution in [0.5, 0.6) is 0 Å². The Morgan fingerprint density at radius 2 is 2.10 bits per heavy atom. The van der Waals surface area contributed by atoms with E-state index >= 15 is 0 Å². The minimum absolute atomic E-state index is 0.180. The standard InChI is InChI=1S/C15H25N3O3/c1-3-7-12-16-13(21-17-12)11-18(2)15(10-14(19)20)8-5-4-6-9-15/h3-11H2,1-2H3,(H,19,20). The van der Waals surface area contributed by atoms with Crippen molar-refractivity contribution in [3.63, 3.8) is 0 Å². The molecule has 1 aliphatic rings. The first-order chi connectivity index (χ1) is 10.1. The van der Waals surface area contributed by atoms with E-state index in [2.05, 4.69) is 22.0 Å². The molecule has 0 saturated heterocycles. The number of carbonyl (C=O) groups is 1. The Morgan fingerprint density at radius 3 is 2.71 bits per heavy atom. The fourth-order valence-corrected chi connectivity index (χ4v) is 3.23. The molecule has 0 spiro atoms. The number of carboxylic acids is 1. The van der Waals surface area contributed by atoms with Gasteiger partial charge in [0, 0.05) is 12.0 Å². The fraction of sp³-hybridized carbons (Fsp3) is 0.800. The Labute approximate surface area is 125 Å². The van der Waals surface area contributed by atoms with Gasteiger partial charge in [-0.1, -0.05) is 31.3 Å². The first kappa shape index (κ1) is 15.9. The predicted octanol–water partition coefficient (Wildman–Crippen LogP) is 2.63. The van der Waals surface area contributed by atoms with Gasteiger partial charge in [-0.25, -0.2) is 0 Å². The van der Waals surface area contributed by atoms with Gasteiger partial charge in [0.25, 0.3) is 0 Å². The van der Waals surface area contributed by atoms with Crippen LogP contribution in [0.4, 0.5) is 0 Å². The molecule has 0 atom stereocenters. The molecule has 1 N–H and O–H groups in total. The Balaban J connectivity index is 2.06. The van der Waals surface area contributed by atoms with Crippen LogP contribution in [-0.2, 0) is 17.8 Å². The highest BCUT2D eigenvalue weighted by Crippen LogP contribution is 2.36. The van der Waals surface area contributed by atoms with Gasteiger partial charge >= 0.3 is 5.97 Å². The van der Waals surface area contributed by atoms with E-state index in [0.29, 0.717) is 12.4 Å². The van der Waals surface area contributed by atoms with Gasteiger partial charge < -0.3 is 9.63 Å². The zero-order valence-electron chi connectivity index (χ0n) is 13.0. The Bertz CT molecular complexity index is 466. The van der Waals surface area contributed by atoms with Gasteiger partial charge in [0.05, 0.1) is 13.0 Å². The topological polar surface area (TPSA) is 79.5 Å². The maximum atomic E-state index is 11.2. The number of hydrogen-bond acceptors (Lipinski definition) is 5. The third kappa shape index (κ3) is 4.03. The molecule has 6 heteroatoms. The van der Waals surface area contributed by atoms with E-state index in [1.165, 1.54) is 6.42 Å². The molecule has 0 unspecified atom stereocenters. The van der Waals surface area contributed by atoms with Crippen LogP contribution in [0.25, 0.3) is 0 Å². The summed E-state index contributed by atoms with van der Waals surface area (Å²) >= 11 is 0. The summed E-state index contributed by atoms with van der Waals surface area (Å²) in [6.07, 6.45) is 7.18. The predicted molar refractivity (Wildman–Crippen MR) is 77.8 cm³/mol. The maximum absolute atomic E-state index is 11.2. The molecule has 1 fully saturated rings. The number of hydrogen-bond donors (Lipinski definition) is 1. The second-order valence-electron chi connectivity index (χ2n) is 6.07. The van der Waals surface area contributed by atoms with Gasteiger partial charge in [0.2, 0.25) is 5.89 Å². The molecule has 0 aromatic carbocycles. The first-order valence-electron chi connectivity index (χ1n) is 7.80. The van der Waals surface area contributed by atoms with Crippen molar-refractivity contribution in [2.45, 2.75) is 70.4 Å². The minimum Gasteiger partial charge on any atom is -0.481 e. The molecular weight excluding hydrogens is 270 g/mol. The number of aromatic nitrogens is 2. The van der Waals surface area contributed by atoms with E-state index in [-0.39, 0.29) is 12.0 Å². The van der Waals surface area contributed by atoms with Gasteiger partial charge in [-0.05, 0) is 26.3 Å². The minimum atomic E-state index is -0.735. The first-order valence-corrected chi connectivity index (χ1v) is 7.80. The highest BCUT2D eigenvalue weighted by atomic mass is 16.5. The number of rotatable bonds is 7. The van der Waals surface area contributed by atoms with Crippen molar-refractivity contribution < 1.29 is 14.4 Å². The zero-order valence-corrected chi connectivity index (χ0v) is 13.0. The third-order valence-corrected chi connectivity index (χ3v) is 4.43. The van der Waals surface area contributed by atoms with E-state index in [9.17, 15) is 9.90 Å². The van der Waals surface area contributed by atoms with Crippen LogP contribution in [0.3, 0.4) is 0 Å². The average Bonchev–Trinajstić information content (AvgIpc) is 2.87. The molecule has 0 amide bonds. The highest BCUT2D eigenvalue weighted by molar-refractivity contribution is 5.68. The Hall–Kier alpha value is -1.43. The van der Waals surface area contributed by atoms with Crippen LogP contribution in [-0.4, -0.2) is 38.7 Å². The molecular formula is C15H25N3O3. The van der Waals surface area contributed by atoms with Crippen LogP contribution in [0.15, 0.2) is 4.52 Å². The summed E-state index contributed by atoms with van der Waals surface area (Å²) in [6, 6.07) is 0. The molecule has 0 radical (unpaired) electrons. The van der Waals surface area contributed by atoms with Gasteiger partial charge in [-0.15, -0.1) is 0 Å². The van der Waals surface area contributed by atoms with E-state index in [4.69, 9.17) is 4.52 Å². The van der Waals surface area contributed by atoms with E-state index in [1.54, 1.807) is 0 Å². The number of aliphatic carboxylic acids is 1. The largest absolute Gasteiger partial charge is 0.481 e. The van der Waals surface area contributed by atoms with E-state index in [0.717, 1.165) is 44.3 Å². The van der Waals surface area contributed by atoms with Crippen LogP contribution in [0.2, 0.25) is 0 Å². The normalized spacial score (nSPS) is 18.0. The van der Waals surface area contributed by atoms with Crippen LogP contribution in [0, 0.1) is 0 Å². The SMILES string of the molecule is CCCc1noc(CN(C)C2(CC(=O)O)CCCCC2)n1. The summed E-state index contributed by atoms with van der Waals surface area (Å²) in [5.41, 5.74) is -0.274. The van der Waals surface area contributed by atoms with Gasteiger partial charge in [-0.3, -0.25) is 9.69 Å². The van der Waals surface area contributed by atoms with E-state index in [1.807, 2.05) is 7.05 Å². The maximum Gasteiger partial charge on any atom is 0.305 e. The van der Waals surface area contributed by atoms with Crippen molar-refractivity contribution in [1.29, 1.82) is 0 Å². The Morgan fingerprint density at radius 1 is 1.38 bits per heavy atom. The lowest BCUT2D eigenvalue weighted by atomic mass is 9.78. The Kier molecular flexibility index (Phi) is 5.33. The van der Waals surface area contributed by atoms with Crippen molar-refractivity contribution in [2.75, 3.05) is 7.05 Å². The van der Waals surface area contributed by atoms with Gasteiger partial charge in [0.1, 0.15) is 0 Å². The summed E-state index contributed by atoms with van der Waals surface area (Å²) in [6.45, 7) is 2.59. The molecule has 1 heterocycles. The van der Waals surface area contributed by atoms with E-state index < -0.39 is 5.97 Å². The zero-order chi connectivity index (χ0) is 15.3. The van der Waals surface area contributed by atoms with Crippen molar-refractivity contribution in [3.05, 3.63) is 11.7 Å². The molecule has 0 aliphatic heterocycles. The van der Waals surface area contributed by atoms with Crippen LogP contribution >= 0.6 is 0 Å². The average molecular weight is 295 g/mol. The third-order valence-electron chi connectivity index (χ3n) is 4.43. The highest BCUT2D eigenvalue weighted by Gasteiger charge is 2.38. The monoisotopic (exact) mass is 295 g/mol. The lowest BCUT2D eigenvalue weighted by Crippen LogP contribution is -2.49. The number of carboxylic acid groups (broad SMARTS) is 1. The summed E-state index contributed by atoms with van der Waals surface area (Å²) in [5, 5.41) is 13.2. The summed E-state index contributed by atoms with van der Waals surface area (Å²) < 4.78 is 5.28. The second-order valence-corrected chi connectivity index (χ2v) is 6.07. The summed E-state index contributed by atoms with van der Waals surface area (Å²) in [5.74, 6) is 0.578. The molecule has 118 valence electrons. The summed E-state index contributed by atoms with van der Waals surface area (Å²) in [4.78, 5) is 17.7. The van der Waals surface area contributed by atoms with Crippen LogP contribution < -0.4 is 0 Å². The van der Waals surface area contributed by atoms with Crippen LogP contribution in [0.1, 0.15) is 63.6 Å². The van der Waals surface area contributed by atoms with Gasteiger partial charge in [-0.2, -0.15) is 4.98 Å². The van der Waals surface area contributed by atoms with Gasteiger partial charge in [0.15, 0.2) is 5.82 Å². The molecule has 1 aliphatic carbocycles. The van der Waals surface area contributed by atoms with Crippen molar-refractivity contribution in [3.8, 4) is 0 Å². The molecule has 1 saturated carbocycles. The lowest BCUT2D eigenvalue weighted by molar-refractivity contribution is -0.141. The molecule has 1 aromatic heterocycles. The fourth-order valence-electron chi connectivity index (χ4n) is 3.23. The summed E-state index contributed by atoms with van der Waals surface area (Å²) in [7, 11) is 1.97. The smallest absolute Gasteiger partial charge is 0.305 e. The molecule has 1 aromatic rings. The lowest BCUT2D eigenvalue weighted by Gasteiger charge is -2.43. The second kappa shape index (κ2) is 7.02. The van der Waals surface area contributed by atoms with Crippen molar-refractivity contribution in [1.82, 2.24) is 15.0 Å².